The van der Waals surface area contributed by atoms with Crippen molar-refractivity contribution in [2.45, 2.75) is 86.0 Å². The highest BCUT2D eigenvalue weighted by Gasteiger charge is 2.24. The number of rotatable bonds is 12. The molecule has 0 saturated carbocycles. The predicted molar refractivity (Wildman–Crippen MR) is 98.7 cm³/mol. The molecule has 0 amide bonds. The zero-order valence-corrected chi connectivity index (χ0v) is 16.6. The van der Waals surface area contributed by atoms with Crippen molar-refractivity contribution in [1.29, 1.82) is 5.26 Å². The highest BCUT2D eigenvalue weighted by Crippen LogP contribution is 2.16. The number of quaternary nitrogens is 1. The summed E-state index contributed by atoms with van der Waals surface area (Å²) in [5.74, 6) is 0. The Morgan fingerprint density at radius 2 is 1.04 bits per heavy atom. The average molecular weight is 345 g/mol. The minimum atomic E-state index is -2.08. The van der Waals surface area contributed by atoms with E-state index in [1.54, 1.807) is 6.07 Å². The first-order chi connectivity index (χ1) is 11.4. The summed E-state index contributed by atoms with van der Waals surface area (Å²) in [6.45, 7) is 16.4. The first-order valence-corrected chi connectivity index (χ1v) is 9.45. The van der Waals surface area contributed by atoms with E-state index in [2.05, 4.69) is 27.7 Å². The standard InChI is InChI=1S/C16H36N.C2H3N.CH2O3/c1-5-9-13-17(14-10-6-2,15-11-7-3)16-12-8-4;1-2-3;2-1(3)4/h5-16H2,1-4H3;1H3;(H2,2,3,4)/q+1;;/p-1. The highest BCUT2D eigenvalue weighted by molar-refractivity contribution is 5.50. The van der Waals surface area contributed by atoms with Crippen molar-refractivity contribution in [2.24, 2.45) is 0 Å². The van der Waals surface area contributed by atoms with Gasteiger partial charge in [0.05, 0.1) is 32.2 Å². The Kier molecular flexibility index (Phi) is 24.9. The fourth-order valence-electron chi connectivity index (χ4n) is 2.64. The summed E-state index contributed by atoms with van der Waals surface area (Å²) in [6.07, 6.45) is 8.98. The first kappa shape index (κ1) is 27.6. The third-order valence-corrected chi connectivity index (χ3v) is 3.94. The normalized spacial score (nSPS) is 9.83. The van der Waals surface area contributed by atoms with E-state index in [1.807, 2.05) is 0 Å². The van der Waals surface area contributed by atoms with E-state index in [0.29, 0.717) is 0 Å². The van der Waals surface area contributed by atoms with Gasteiger partial charge < -0.3 is 19.5 Å². The van der Waals surface area contributed by atoms with Crippen LogP contribution in [0.1, 0.15) is 86.0 Å². The SMILES string of the molecule is CC#N.CCCC[N+](CCCC)(CCCC)CCCC.O=C([O-])O. The number of nitriles is 1. The first-order valence-electron chi connectivity index (χ1n) is 9.45. The van der Waals surface area contributed by atoms with Gasteiger partial charge in [-0.25, -0.2) is 0 Å². The van der Waals surface area contributed by atoms with Crippen molar-refractivity contribution >= 4 is 6.16 Å². The molecule has 0 aliphatic rings. The molecule has 1 N–H and O–H groups in total. The molecule has 0 atom stereocenters. The average Bonchev–Trinajstić information content (AvgIpc) is 2.54. The molecule has 5 nitrogen and oxygen atoms in total. The smallest absolute Gasteiger partial charge is 0.249 e. The third kappa shape index (κ3) is 23.0. The Morgan fingerprint density at radius 3 is 1.17 bits per heavy atom. The summed E-state index contributed by atoms with van der Waals surface area (Å²) in [5.41, 5.74) is 0. The van der Waals surface area contributed by atoms with Crippen LogP contribution in [0.3, 0.4) is 0 Å². The summed E-state index contributed by atoms with van der Waals surface area (Å²) < 4.78 is 1.42. The van der Waals surface area contributed by atoms with E-state index < -0.39 is 6.16 Å². The van der Waals surface area contributed by atoms with E-state index in [-0.39, 0.29) is 0 Å². The van der Waals surface area contributed by atoms with E-state index in [4.69, 9.17) is 20.3 Å². The van der Waals surface area contributed by atoms with Crippen LogP contribution in [0.2, 0.25) is 0 Å². The Labute approximate surface area is 149 Å². The molecule has 0 unspecified atom stereocenters. The molecule has 0 saturated heterocycles. The number of unbranched alkanes of at least 4 members (excludes halogenated alkanes) is 4. The molecule has 5 heteroatoms. The van der Waals surface area contributed by atoms with Crippen LogP contribution in [-0.2, 0) is 0 Å². The fraction of sp³-hybridized carbons (Fsp3) is 0.895. The summed E-state index contributed by atoms with van der Waals surface area (Å²) in [7, 11) is 0. The Bertz CT molecular complexity index is 260. The molecule has 0 heterocycles. The van der Waals surface area contributed by atoms with Crippen LogP contribution in [0.4, 0.5) is 4.79 Å². The lowest BCUT2D eigenvalue weighted by atomic mass is 10.1. The molecule has 24 heavy (non-hydrogen) atoms. The lowest BCUT2D eigenvalue weighted by Crippen LogP contribution is -2.50. The maximum Gasteiger partial charge on any atom is 0.249 e. The van der Waals surface area contributed by atoms with Gasteiger partial charge in [0.15, 0.2) is 0 Å². The van der Waals surface area contributed by atoms with Gasteiger partial charge in [-0.15, -0.1) is 0 Å². The number of hydrogen-bond acceptors (Lipinski definition) is 3. The second-order valence-corrected chi connectivity index (χ2v) is 6.14. The molecule has 0 aromatic heterocycles. The predicted octanol–water partition coefficient (Wildman–Crippen LogP) is 4.42. The zero-order valence-electron chi connectivity index (χ0n) is 16.6. The second kappa shape index (κ2) is 21.7. The molecule has 0 aliphatic carbocycles. The van der Waals surface area contributed by atoms with E-state index in [9.17, 15) is 0 Å². The number of nitrogens with zero attached hydrogens (tertiary/aromatic N) is 2. The summed E-state index contributed by atoms with van der Waals surface area (Å²) >= 11 is 0. The molecule has 0 bridgehead atoms. The third-order valence-electron chi connectivity index (χ3n) is 3.94. The Balaban J connectivity index is -0.000000531. The van der Waals surface area contributed by atoms with Gasteiger partial charge in [-0.05, 0) is 25.7 Å². The summed E-state index contributed by atoms with van der Waals surface area (Å²) in [5, 5.41) is 22.6. The van der Waals surface area contributed by atoms with Crippen molar-refractivity contribution in [1.82, 2.24) is 0 Å². The molecular formula is C19H40N2O3. The van der Waals surface area contributed by atoms with Crippen molar-refractivity contribution in [3.05, 3.63) is 0 Å². The van der Waals surface area contributed by atoms with Crippen LogP contribution in [0.15, 0.2) is 0 Å². The Hall–Kier alpha value is -1.28. The van der Waals surface area contributed by atoms with E-state index in [1.165, 1.54) is 89.0 Å². The summed E-state index contributed by atoms with van der Waals surface area (Å²) in [4.78, 5) is 8.44. The molecule has 0 radical (unpaired) electrons. The van der Waals surface area contributed by atoms with Gasteiger partial charge in [0.25, 0.3) is 0 Å². The molecule has 0 aliphatic heterocycles. The topological polar surface area (TPSA) is 84.2 Å². The lowest BCUT2D eigenvalue weighted by molar-refractivity contribution is -0.929. The highest BCUT2D eigenvalue weighted by atomic mass is 16.6. The lowest BCUT2D eigenvalue weighted by Gasteiger charge is -2.39. The monoisotopic (exact) mass is 344 g/mol. The van der Waals surface area contributed by atoms with Crippen LogP contribution in [0.25, 0.3) is 0 Å². The van der Waals surface area contributed by atoms with Crippen LogP contribution >= 0.6 is 0 Å². The van der Waals surface area contributed by atoms with Crippen LogP contribution in [0.5, 0.6) is 0 Å². The Morgan fingerprint density at radius 1 is 0.875 bits per heavy atom. The zero-order chi connectivity index (χ0) is 19.3. The van der Waals surface area contributed by atoms with Gasteiger partial charge in [0.2, 0.25) is 6.16 Å². The van der Waals surface area contributed by atoms with Gasteiger partial charge >= 0.3 is 0 Å². The fourth-order valence-corrected chi connectivity index (χ4v) is 2.64. The van der Waals surface area contributed by atoms with Crippen LogP contribution in [-0.4, -0.2) is 41.9 Å². The number of hydrogen-bond donors (Lipinski definition) is 1. The van der Waals surface area contributed by atoms with E-state index in [0.717, 1.165) is 0 Å². The van der Waals surface area contributed by atoms with Crippen molar-refractivity contribution in [3.8, 4) is 6.07 Å². The quantitative estimate of drug-likeness (QED) is 0.531. The minimum absolute atomic E-state index is 1.35. The van der Waals surface area contributed by atoms with Gasteiger partial charge in [0.1, 0.15) is 0 Å². The molecule has 0 spiro atoms. The van der Waals surface area contributed by atoms with Gasteiger partial charge in [0, 0.05) is 6.92 Å². The van der Waals surface area contributed by atoms with Crippen molar-refractivity contribution in [3.63, 3.8) is 0 Å². The van der Waals surface area contributed by atoms with Gasteiger partial charge in [-0.1, -0.05) is 53.4 Å². The van der Waals surface area contributed by atoms with Crippen LogP contribution in [0, 0.1) is 11.3 Å². The maximum absolute atomic E-state index is 8.44. The molecular weight excluding hydrogens is 304 g/mol. The molecule has 144 valence electrons. The number of carbonyl (C=O) groups is 1. The van der Waals surface area contributed by atoms with Gasteiger partial charge in [-0.3, -0.25) is 0 Å². The maximum atomic E-state index is 8.44. The second-order valence-electron chi connectivity index (χ2n) is 6.14. The minimum Gasteiger partial charge on any atom is -0.565 e. The largest absolute Gasteiger partial charge is 0.565 e. The van der Waals surface area contributed by atoms with Crippen molar-refractivity contribution in [2.75, 3.05) is 26.2 Å². The van der Waals surface area contributed by atoms with Crippen LogP contribution < -0.4 is 5.11 Å². The number of carboxylic acid groups (broad SMARTS) is 2. The molecule has 0 fully saturated rings. The van der Waals surface area contributed by atoms with E-state index >= 15 is 0 Å². The van der Waals surface area contributed by atoms with Crippen molar-refractivity contribution < 1.29 is 19.5 Å². The summed E-state index contributed by atoms with van der Waals surface area (Å²) in [6, 6.07) is 1.75. The molecule has 0 rings (SSSR count). The molecule has 0 aromatic carbocycles. The molecule has 0 aromatic rings. The van der Waals surface area contributed by atoms with Gasteiger partial charge in [-0.2, -0.15) is 5.26 Å².